The fourth-order valence-corrected chi connectivity index (χ4v) is 3.24. The first-order chi connectivity index (χ1) is 15.5. The Morgan fingerprint density at radius 1 is 1.09 bits per heavy atom. The van der Waals surface area contributed by atoms with E-state index in [1.807, 2.05) is 24.3 Å². The van der Waals surface area contributed by atoms with Crippen molar-refractivity contribution in [1.82, 2.24) is 20.0 Å². The van der Waals surface area contributed by atoms with Crippen molar-refractivity contribution in [1.29, 1.82) is 0 Å². The van der Waals surface area contributed by atoms with E-state index in [-0.39, 0.29) is 12.4 Å². The van der Waals surface area contributed by atoms with Crippen LogP contribution in [0.5, 0.6) is 5.75 Å². The van der Waals surface area contributed by atoms with Crippen molar-refractivity contribution in [2.75, 3.05) is 19.0 Å². The van der Waals surface area contributed by atoms with Crippen LogP contribution in [0.1, 0.15) is 41.9 Å². The molecule has 1 unspecified atom stereocenters. The van der Waals surface area contributed by atoms with E-state index in [0.29, 0.717) is 35.9 Å². The molecule has 0 saturated heterocycles. The van der Waals surface area contributed by atoms with Crippen molar-refractivity contribution >= 4 is 17.6 Å². The molecule has 2 heterocycles. The highest BCUT2D eigenvalue weighted by Crippen LogP contribution is 2.20. The van der Waals surface area contributed by atoms with Crippen LogP contribution in [0.15, 0.2) is 42.6 Å². The Hall–Kier alpha value is -3.75. The molecule has 1 N–H and O–H groups in total. The Balaban J connectivity index is 1.70. The predicted octanol–water partition coefficient (Wildman–Crippen LogP) is 3.36. The number of nitrogens with zero attached hydrogens (tertiary/aromatic N) is 4. The summed E-state index contributed by atoms with van der Waals surface area (Å²) in [6, 6.07) is 11.3. The van der Waals surface area contributed by atoms with Crippen LogP contribution in [0, 0.1) is 12.8 Å². The molecule has 3 aromatic rings. The third-order valence-electron chi connectivity index (χ3n) is 5.07. The first kappa shape index (κ1) is 22.9. The number of anilines is 1. The molecule has 9 heteroatoms. The van der Waals surface area contributed by atoms with Gasteiger partial charge >= 0.3 is 5.97 Å². The van der Waals surface area contributed by atoms with Crippen molar-refractivity contribution < 1.29 is 19.1 Å². The Morgan fingerprint density at radius 2 is 1.84 bits per heavy atom. The number of carbonyl (C=O) groups is 2. The number of methoxy groups -OCH3 is 1. The molecular weight excluding hydrogens is 410 g/mol. The zero-order valence-electron chi connectivity index (χ0n) is 18.7. The van der Waals surface area contributed by atoms with Crippen molar-refractivity contribution in [3.63, 3.8) is 0 Å². The van der Waals surface area contributed by atoms with Gasteiger partial charge in [0.25, 0.3) is 0 Å². The van der Waals surface area contributed by atoms with Crippen LogP contribution in [0.2, 0.25) is 0 Å². The topological polar surface area (TPSA) is 108 Å². The van der Waals surface area contributed by atoms with Crippen LogP contribution in [-0.4, -0.2) is 45.4 Å². The first-order valence-corrected chi connectivity index (χ1v) is 10.4. The van der Waals surface area contributed by atoms with Crippen molar-refractivity contribution in [2.24, 2.45) is 5.92 Å². The van der Waals surface area contributed by atoms with Crippen molar-refractivity contribution in [3.05, 3.63) is 59.4 Å². The van der Waals surface area contributed by atoms with Gasteiger partial charge in [-0.25, -0.2) is 4.68 Å². The van der Waals surface area contributed by atoms with Gasteiger partial charge in [0.15, 0.2) is 11.6 Å². The van der Waals surface area contributed by atoms with E-state index in [0.717, 1.165) is 11.3 Å². The minimum atomic E-state index is -0.845. The monoisotopic (exact) mass is 437 g/mol. The number of carbonyl (C=O) groups excluding carboxylic acids is 2. The summed E-state index contributed by atoms with van der Waals surface area (Å²) in [5.41, 5.74) is 2.04. The number of benzene rings is 1. The van der Waals surface area contributed by atoms with E-state index in [9.17, 15) is 9.59 Å². The fourth-order valence-electron chi connectivity index (χ4n) is 3.24. The third-order valence-corrected chi connectivity index (χ3v) is 5.07. The maximum atomic E-state index is 12.9. The van der Waals surface area contributed by atoms with Gasteiger partial charge in [0.1, 0.15) is 17.5 Å². The summed E-state index contributed by atoms with van der Waals surface area (Å²) < 4.78 is 11.7. The van der Waals surface area contributed by atoms with E-state index in [2.05, 4.69) is 20.6 Å². The summed E-state index contributed by atoms with van der Waals surface area (Å²) in [4.78, 5) is 25.0. The number of hydrogen-bond donors (Lipinski definition) is 1. The van der Waals surface area contributed by atoms with E-state index < -0.39 is 11.9 Å². The molecule has 0 bridgehead atoms. The lowest BCUT2D eigenvalue weighted by Crippen LogP contribution is -2.26. The maximum Gasteiger partial charge on any atom is 0.316 e. The second-order valence-electron chi connectivity index (χ2n) is 7.11. The third kappa shape index (κ3) is 5.11. The second-order valence-corrected chi connectivity index (χ2v) is 7.11. The Kier molecular flexibility index (Phi) is 7.54. The Bertz CT molecular complexity index is 1060. The summed E-state index contributed by atoms with van der Waals surface area (Å²) in [7, 11) is 1.63. The van der Waals surface area contributed by atoms with Gasteiger partial charge in [-0.1, -0.05) is 19.1 Å². The molecule has 0 aliphatic rings. The van der Waals surface area contributed by atoms with Crippen LogP contribution >= 0.6 is 0 Å². The summed E-state index contributed by atoms with van der Waals surface area (Å²) in [5.74, 6) is 0.221. The molecule has 0 aliphatic carbocycles. The molecule has 0 aliphatic heterocycles. The number of ketones is 1. The molecule has 0 radical (unpaired) electrons. The largest absolute Gasteiger partial charge is 0.497 e. The number of ether oxygens (including phenoxy) is 2. The van der Waals surface area contributed by atoms with Crippen molar-refractivity contribution in [3.8, 4) is 11.6 Å². The van der Waals surface area contributed by atoms with Gasteiger partial charge in [-0.15, -0.1) is 10.2 Å². The van der Waals surface area contributed by atoms with Gasteiger partial charge in [0.2, 0.25) is 0 Å². The van der Waals surface area contributed by atoms with Crippen LogP contribution in [0.4, 0.5) is 5.82 Å². The summed E-state index contributed by atoms with van der Waals surface area (Å²) in [6.45, 7) is 6.07. The van der Waals surface area contributed by atoms with Gasteiger partial charge in [-0.05, 0) is 50.1 Å². The van der Waals surface area contributed by atoms with Crippen LogP contribution in [-0.2, 0) is 16.1 Å². The number of rotatable bonds is 10. The van der Waals surface area contributed by atoms with Gasteiger partial charge in [-0.3, -0.25) is 9.59 Å². The molecule has 0 saturated carbocycles. The van der Waals surface area contributed by atoms with Crippen LogP contribution in [0.3, 0.4) is 0 Å². The number of aromatic nitrogens is 4. The normalized spacial score (nSPS) is 11.6. The molecule has 0 amide bonds. The minimum absolute atomic E-state index is 0.231. The molecular formula is C23H27N5O4. The molecule has 32 heavy (non-hydrogen) atoms. The molecule has 3 rings (SSSR count). The number of Topliss-reactive ketones (excluding diaryl/α,β-unsaturated/α-hetero) is 1. The van der Waals surface area contributed by atoms with E-state index in [1.165, 1.54) is 10.9 Å². The van der Waals surface area contributed by atoms with E-state index in [1.54, 1.807) is 40.0 Å². The molecule has 1 aromatic carbocycles. The zero-order chi connectivity index (χ0) is 23.1. The molecule has 2 aromatic heterocycles. The maximum absolute atomic E-state index is 12.9. The van der Waals surface area contributed by atoms with Gasteiger partial charge in [0, 0.05) is 6.54 Å². The summed E-state index contributed by atoms with van der Waals surface area (Å²) in [6.07, 6.45) is 1.81. The average molecular weight is 438 g/mol. The molecule has 0 fully saturated rings. The highest BCUT2D eigenvalue weighted by molar-refractivity contribution is 6.09. The lowest BCUT2D eigenvalue weighted by atomic mass is 9.96. The lowest BCUT2D eigenvalue weighted by Gasteiger charge is -2.12. The fraction of sp³-hybridized carbons (Fsp3) is 0.348. The van der Waals surface area contributed by atoms with Crippen LogP contribution in [0.25, 0.3) is 5.82 Å². The highest BCUT2D eigenvalue weighted by Gasteiger charge is 2.30. The smallest absolute Gasteiger partial charge is 0.316 e. The predicted molar refractivity (Wildman–Crippen MR) is 119 cm³/mol. The second kappa shape index (κ2) is 10.5. The summed E-state index contributed by atoms with van der Waals surface area (Å²) >= 11 is 0. The highest BCUT2D eigenvalue weighted by atomic mass is 16.5. The standard InChI is InChI=1S/C23H27N5O4/c1-5-18(23(30)32-6-2)22(29)19-14-25-28(15(19)3)21-12-11-20(26-27-21)24-13-16-7-9-17(31-4)10-8-16/h7-12,14,18H,5-6,13H2,1-4H3,(H,24,26). The molecule has 1 atom stereocenters. The number of esters is 1. The summed E-state index contributed by atoms with van der Waals surface area (Å²) in [5, 5.41) is 15.9. The molecule has 168 valence electrons. The van der Waals surface area contributed by atoms with Gasteiger partial charge in [-0.2, -0.15) is 5.10 Å². The quantitative estimate of drug-likeness (QED) is 0.292. The van der Waals surface area contributed by atoms with Gasteiger partial charge in [0.05, 0.1) is 31.2 Å². The van der Waals surface area contributed by atoms with Gasteiger partial charge < -0.3 is 14.8 Å². The SMILES string of the molecule is CCOC(=O)C(CC)C(=O)c1cnn(-c2ccc(NCc3ccc(OC)cc3)nn2)c1C. The Morgan fingerprint density at radius 3 is 2.44 bits per heavy atom. The number of hydrogen-bond acceptors (Lipinski definition) is 8. The molecule has 9 nitrogen and oxygen atoms in total. The van der Waals surface area contributed by atoms with Crippen molar-refractivity contribution in [2.45, 2.75) is 33.7 Å². The minimum Gasteiger partial charge on any atom is -0.497 e. The van der Waals surface area contributed by atoms with E-state index in [4.69, 9.17) is 9.47 Å². The number of nitrogens with one attached hydrogen (secondary N) is 1. The zero-order valence-corrected chi connectivity index (χ0v) is 18.7. The van der Waals surface area contributed by atoms with E-state index >= 15 is 0 Å². The first-order valence-electron chi connectivity index (χ1n) is 10.4. The lowest BCUT2D eigenvalue weighted by molar-refractivity contribution is -0.146. The average Bonchev–Trinajstić information content (AvgIpc) is 3.20. The van der Waals surface area contributed by atoms with Crippen LogP contribution < -0.4 is 10.1 Å². The molecule has 0 spiro atoms. The Labute approximate surface area is 186 Å².